The maximum Gasteiger partial charge on any atom is 0.123 e. The van der Waals surface area contributed by atoms with Gasteiger partial charge < -0.3 is 9.80 Å². The van der Waals surface area contributed by atoms with Crippen molar-refractivity contribution in [2.75, 3.05) is 6.54 Å². The molecule has 47 heavy (non-hydrogen) atoms. The maximum absolute atomic E-state index is 2.73. The van der Waals surface area contributed by atoms with Gasteiger partial charge in [-0.25, -0.2) is 0 Å². The molecule has 2 unspecified atom stereocenters. The molecule has 3 aromatic carbocycles. The number of rotatable bonds is 25. The third kappa shape index (κ3) is 11.9. The van der Waals surface area contributed by atoms with E-state index in [2.05, 4.69) is 127 Å². The Bertz CT molecular complexity index is 1210. The van der Waals surface area contributed by atoms with Gasteiger partial charge in [-0.05, 0) is 29.5 Å². The minimum absolute atomic E-state index is 0.150. The number of nitrogens with zero attached hydrogens (tertiary/aromatic N) is 2. The molecule has 1 aliphatic heterocycles. The van der Waals surface area contributed by atoms with E-state index in [4.69, 9.17) is 0 Å². The van der Waals surface area contributed by atoms with E-state index in [0.717, 1.165) is 25.9 Å². The third-order valence-corrected chi connectivity index (χ3v) is 10.6. The lowest BCUT2D eigenvalue weighted by Crippen LogP contribution is -2.59. The summed E-state index contributed by atoms with van der Waals surface area (Å²) in [6.07, 6.45) is 30.9. The first-order valence-corrected chi connectivity index (χ1v) is 19.6. The van der Waals surface area contributed by atoms with Crippen molar-refractivity contribution in [1.82, 2.24) is 9.80 Å². The fraction of sp³-hybridized carbons (Fsp3) is 0.556. The fourth-order valence-electron chi connectivity index (χ4n) is 7.97. The highest BCUT2D eigenvalue weighted by Gasteiger charge is 2.49. The van der Waals surface area contributed by atoms with Crippen molar-refractivity contribution >= 4 is 0 Å². The van der Waals surface area contributed by atoms with Crippen LogP contribution in [-0.2, 0) is 13.0 Å². The van der Waals surface area contributed by atoms with Crippen LogP contribution in [0.1, 0.15) is 152 Å². The van der Waals surface area contributed by atoms with Crippen molar-refractivity contribution in [3.63, 3.8) is 0 Å². The lowest BCUT2D eigenvalue weighted by molar-refractivity contribution is -0.00767. The summed E-state index contributed by atoms with van der Waals surface area (Å²) in [4.78, 5) is 5.40. The Balaban J connectivity index is 1.29. The zero-order chi connectivity index (χ0) is 32.8. The first-order chi connectivity index (χ1) is 23.3. The smallest absolute Gasteiger partial charge is 0.123 e. The molecule has 2 nitrogen and oxygen atoms in total. The number of hydrogen-bond acceptors (Lipinski definition) is 2. The van der Waals surface area contributed by atoms with Gasteiger partial charge in [0, 0.05) is 37.8 Å². The van der Waals surface area contributed by atoms with Crippen molar-refractivity contribution in [3.8, 4) is 0 Å². The van der Waals surface area contributed by atoms with Crippen LogP contribution in [0.4, 0.5) is 0 Å². The molecule has 0 amide bonds. The lowest BCUT2D eigenvalue weighted by atomic mass is 9.78. The van der Waals surface area contributed by atoms with Crippen molar-refractivity contribution in [2.24, 2.45) is 0 Å². The molecule has 1 heterocycles. The Kier molecular flexibility index (Phi) is 17.1. The van der Waals surface area contributed by atoms with Crippen molar-refractivity contribution in [2.45, 2.75) is 154 Å². The van der Waals surface area contributed by atoms with Gasteiger partial charge in [-0.1, -0.05) is 208 Å². The van der Waals surface area contributed by atoms with Crippen LogP contribution < -0.4 is 0 Å². The Hall–Kier alpha value is -3.00. The predicted octanol–water partition coefficient (Wildman–Crippen LogP) is 13.1. The van der Waals surface area contributed by atoms with E-state index in [1.165, 1.54) is 126 Å². The van der Waals surface area contributed by atoms with Crippen LogP contribution in [0.5, 0.6) is 0 Å². The third-order valence-electron chi connectivity index (χ3n) is 10.6. The normalized spacial score (nSPS) is 16.6. The van der Waals surface area contributed by atoms with Gasteiger partial charge in [-0.3, -0.25) is 0 Å². The standard InChI is InChI=1S/C45H66N2/c1-3-5-6-7-8-9-10-11-12-13-14-15-16-17-18-19-29-36-46-37-38-47(40-42-32-25-21-26-33-42)45(46,39-41-30-23-20-24-31-41)44(4-2)43-34-27-22-28-35-43/h20-28,30-35,37-38,44H,3-19,29,36,39-40H2,1-2H3. The zero-order valence-corrected chi connectivity index (χ0v) is 30.1. The molecule has 0 saturated carbocycles. The van der Waals surface area contributed by atoms with Gasteiger partial charge in [-0.2, -0.15) is 0 Å². The molecular formula is C45H66N2. The maximum atomic E-state index is 2.73. The van der Waals surface area contributed by atoms with E-state index >= 15 is 0 Å². The Morgan fingerprint density at radius 1 is 0.468 bits per heavy atom. The second kappa shape index (κ2) is 21.8. The minimum Gasteiger partial charge on any atom is -0.353 e. The molecule has 0 saturated heterocycles. The molecule has 3 aromatic rings. The summed E-state index contributed by atoms with van der Waals surface area (Å²) in [5.41, 5.74) is 4.08. The predicted molar refractivity (Wildman–Crippen MR) is 204 cm³/mol. The van der Waals surface area contributed by atoms with E-state index in [1.54, 1.807) is 0 Å². The molecule has 2 atom stereocenters. The molecular weight excluding hydrogens is 569 g/mol. The minimum atomic E-state index is -0.150. The van der Waals surface area contributed by atoms with Crippen molar-refractivity contribution in [3.05, 3.63) is 120 Å². The van der Waals surface area contributed by atoms with Crippen LogP contribution in [0.25, 0.3) is 0 Å². The summed E-state index contributed by atoms with van der Waals surface area (Å²) in [6.45, 7) is 6.72. The first kappa shape index (κ1) is 36.8. The average molecular weight is 635 g/mol. The summed E-state index contributed by atoms with van der Waals surface area (Å²) < 4.78 is 0. The van der Waals surface area contributed by atoms with Gasteiger partial charge in [0.2, 0.25) is 0 Å². The molecule has 0 spiro atoms. The molecule has 0 bridgehead atoms. The zero-order valence-electron chi connectivity index (χ0n) is 30.1. The van der Waals surface area contributed by atoms with Crippen molar-refractivity contribution in [1.29, 1.82) is 0 Å². The summed E-state index contributed by atoms with van der Waals surface area (Å²) in [6, 6.07) is 33.6. The Morgan fingerprint density at radius 3 is 1.38 bits per heavy atom. The van der Waals surface area contributed by atoms with E-state index in [-0.39, 0.29) is 5.66 Å². The summed E-state index contributed by atoms with van der Waals surface area (Å²) in [5.74, 6) is 0.383. The van der Waals surface area contributed by atoms with Gasteiger partial charge in [-0.15, -0.1) is 0 Å². The highest BCUT2D eigenvalue weighted by Crippen LogP contribution is 2.45. The summed E-state index contributed by atoms with van der Waals surface area (Å²) in [5, 5.41) is 0. The largest absolute Gasteiger partial charge is 0.353 e. The fourth-order valence-corrected chi connectivity index (χ4v) is 7.97. The topological polar surface area (TPSA) is 6.48 Å². The number of benzene rings is 3. The lowest BCUT2D eigenvalue weighted by Gasteiger charge is -2.51. The van der Waals surface area contributed by atoms with E-state index in [9.17, 15) is 0 Å². The van der Waals surface area contributed by atoms with Crippen LogP contribution in [0.15, 0.2) is 103 Å². The van der Waals surface area contributed by atoms with Crippen LogP contribution >= 0.6 is 0 Å². The van der Waals surface area contributed by atoms with Crippen LogP contribution in [0, 0.1) is 0 Å². The van der Waals surface area contributed by atoms with Crippen LogP contribution in [-0.4, -0.2) is 22.0 Å². The monoisotopic (exact) mass is 635 g/mol. The summed E-state index contributed by atoms with van der Waals surface area (Å²) >= 11 is 0. The summed E-state index contributed by atoms with van der Waals surface area (Å²) in [7, 11) is 0. The molecule has 4 rings (SSSR count). The average Bonchev–Trinajstić information content (AvgIpc) is 3.43. The molecule has 0 fully saturated rings. The van der Waals surface area contributed by atoms with E-state index in [0.29, 0.717) is 5.92 Å². The van der Waals surface area contributed by atoms with Crippen molar-refractivity contribution < 1.29 is 0 Å². The van der Waals surface area contributed by atoms with Gasteiger partial charge in [0.05, 0.1) is 0 Å². The number of unbranched alkanes of at least 4 members (excludes halogenated alkanes) is 16. The molecule has 0 radical (unpaired) electrons. The second-order valence-corrected chi connectivity index (χ2v) is 14.2. The molecule has 0 aromatic heterocycles. The molecule has 0 aliphatic carbocycles. The van der Waals surface area contributed by atoms with Gasteiger partial charge in [0.25, 0.3) is 0 Å². The second-order valence-electron chi connectivity index (χ2n) is 14.2. The Morgan fingerprint density at radius 2 is 0.894 bits per heavy atom. The SMILES string of the molecule is CCCCCCCCCCCCCCCCCCCN1C=CN(Cc2ccccc2)C1(Cc1ccccc1)C(CC)c1ccccc1. The van der Waals surface area contributed by atoms with E-state index in [1.807, 2.05) is 0 Å². The molecule has 0 N–H and O–H groups in total. The van der Waals surface area contributed by atoms with Crippen LogP contribution in [0.3, 0.4) is 0 Å². The van der Waals surface area contributed by atoms with Crippen LogP contribution in [0.2, 0.25) is 0 Å². The van der Waals surface area contributed by atoms with E-state index < -0.39 is 0 Å². The number of hydrogen-bond donors (Lipinski definition) is 0. The highest BCUT2D eigenvalue weighted by molar-refractivity contribution is 5.31. The Labute approximate surface area is 289 Å². The van der Waals surface area contributed by atoms with Gasteiger partial charge >= 0.3 is 0 Å². The highest BCUT2D eigenvalue weighted by atomic mass is 15.4. The first-order valence-electron chi connectivity index (χ1n) is 19.6. The quantitative estimate of drug-likeness (QED) is 0.0856. The van der Waals surface area contributed by atoms with Gasteiger partial charge in [0.15, 0.2) is 0 Å². The molecule has 1 aliphatic rings. The molecule has 256 valence electrons. The molecule has 2 heteroatoms. The van der Waals surface area contributed by atoms with Gasteiger partial charge in [0.1, 0.15) is 5.66 Å².